The summed E-state index contributed by atoms with van der Waals surface area (Å²) in [5.74, 6) is -0.478. The van der Waals surface area contributed by atoms with Crippen LogP contribution >= 0.6 is 0 Å². The van der Waals surface area contributed by atoms with E-state index in [0.717, 1.165) is 0 Å². The van der Waals surface area contributed by atoms with E-state index in [4.69, 9.17) is 9.84 Å². The molecule has 0 amide bonds. The topological polar surface area (TPSA) is 72.8 Å². The normalized spacial score (nSPS) is 11.0. The molecule has 0 aliphatic heterocycles. The number of aryl methyl sites for hydroxylation is 1. The van der Waals surface area contributed by atoms with Crippen LogP contribution in [0.3, 0.4) is 0 Å². The summed E-state index contributed by atoms with van der Waals surface area (Å²) in [5, 5.41) is 8.42. The van der Waals surface area contributed by atoms with Gasteiger partial charge in [-0.25, -0.2) is 4.79 Å². The number of rotatable bonds is 3. The quantitative estimate of drug-likeness (QED) is 0.848. The number of ether oxygens (including phenoxy) is 2. The van der Waals surface area contributed by atoms with Gasteiger partial charge in [0.15, 0.2) is 0 Å². The van der Waals surface area contributed by atoms with Crippen molar-refractivity contribution in [3.05, 3.63) is 35.9 Å². The molecule has 0 saturated heterocycles. The van der Waals surface area contributed by atoms with Gasteiger partial charge in [-0.3, -0.25) is 4.79 Å². The second kappa shape index (κ2) is 8.41. The molecule has 0 aromatic heterocycles. The van der Waals surface area contributed by atoms with Gasteiger partial charge < -0.3 is 14.6 Å². The second-order valence-corrected chi connectivity index (χ2v) is 6.55. The zero-order valence-electron chi connectivity index (χ0n) is 14.2. The molecule has 22 heavy (non-hydrogen) atoms. The van der Waals surface area contributed by atoms with Gasteiger partial charge in [0.05, 0.1) is 6.42 Å². The third-order valence-corrected chi connectivity index (χ3v) is 2.29. The molecule has 0 spiro atoms. The predicted octanol–water partition coefficient (Wildman–Crippen LogP) is 4.19. The number of carbonyl (C=O) groups excluding carboxylic acids is 1. The third-order valence-electron chi connectivity index (χ3n) is 2.29. The van der Waals surface area contributed by atoms with Gasteiger partial charge >= 0.3 is 12.1 Å². The van der Waals surface area contributed by atoms with E-state index in [1.807, 2.05) is 18.2 Å². The lowest BCUT2D eigenvalue weighted by atomic mass is 10.1. The molecular weight excluding hydrogens is 284 g/mol. The summed E-state index contributed by atoms with van der Waals surface area (Å²) in [7, 11) is 0. The van der Waals surface area contributed by atoms with Crippen LogP contribution < -0.4 is 0 Å². The molecular formula is C17H26O5. The van der Waals surface area contributed by atoms with Crippen molar-refractivity contribution < 1.29 is 24.2 Å². The minimum Gasteiger partial charge on any atom is -0.460 e. The van der Waals surface area contributed by atoms with Gasteiger partial charge in [0.2, 0.25) is 0 Å². The van der Waals surface area contributed by atoms with Crippen molar-refractivity contribution in [1.29, 1.82) is 0 Å². The highest BCUT2D eigenvalue weighted by molar-refractivity contribution is 5.71. The second-order valence-electron chi connectivity index (χ2n) is 6.55. The van der Waals surface area contributed by atoms with Gasteiger partial charge in [-0.1, -0.05) is 35.9 Å². The van der Waals surface area contributed by atoms with E-state index >= 15 is 0 Å². The number of hydrogen-bond donors (Lipinski definition) is 1. The maximum atomic E-state index is 11.4. The summed E-state index contributed by atoms with van der Waals surface area (Å²) in [6.45, 7) is 10.4. The summed E-state index contributed by atoms with van der Waals surface area (Å²) < 4.78 is 9.58. The predicted molar refractivity (Wildman–Crippen MR) is 84.8 cm³/mol. The lowest BCUT2D eigenvalue weighted by molar-refractivity contribution is -0.159. The van der Waals surface area contributed by atoms with Crippen LogP contribution in [0.5, 0.6) is 0 Å². The summed E-state index contributed by atoms with van der Waals surface area (Å²) >= 11 is 0. The molecule has 0 radical (unpaired) electrons. The van der Waals surface area contributed by atoms with Gasteiger partial charge in [-0.15, -0.1) is 0 Å². The minimum atomic E-state index is -1.40. The largest absolute Gasteiger partial charge is 0.506 e. The highest BCUT2D eigenvalue weighted by atomic mass is 16.7. The first-order chi connectivity index (χ1) is 9.91. The molecule has 0 heterocycles. The fourth-order valence-corrected chi connectivity index (χ4v) is 1.53. The van der Waals surface area contributed by atoms with Crippen LogP contribution in [0.2, 0.25) is 0 Å². The Morgan fingerprint density at radius 3 is 1.82 bits per heavy atom. The van der Waals surface area contributed by atoms with Crippen molar-refractivity contribution in [1.82, 2.24) is 0 Å². The van der Waals surface area contributed by atoms with E-state index in [0.29, 0.717) is 0 Å². The maximum absolute atomic E-state index is 11.4. The highest BCUT2D eigenvalue weighted by Crippen LogP contribution is 2.18. The van der Waals surface area contributed by atoms with E-state index in [2.05, 4.69) is 23.8 Å². The Morgan fingerprint density at radius 2 is 1.50 bits per heavy atom. The van der Waals surface area contributed by atoms with E-state index in [1.54, 1.807) is 20.8 Å². The lowest BCUT2D eigenvalue weighted by Crippen LogP contribution is -2.34. The van der Waals surface area contributed by atoms with Crippen LogP contribution in [0.25, 0.3) is 0 Å². The number of esters is 1. The molecule has 1 rings (SSSR count). The van der Waals surface area contributed by atoms with Crippen LogP contribution in [0.1, 0.15) is 46.6 Å². The van der Waals surface area contributed by atoms with Gasteiger partial charge in [0.1, 0.15) is 11.2 Å². The summed E-state index contributed by atoms with van der Waals surface area (Å²) in [6, 6.07) is 10.3. The van der Waals surface area contributed by atoms with Crippen LogP contribution in [0.15, 0.2) is 30.3 Å². The first-order valence-corrected chi connectivity index (χ1v) is 7.07. The molecule has 1 aromatic carbocycles. The Kier molecular flexibility index (Phi) is 7.63. The van der Waals surface area contributed by atoms with Gasteiger partial charge in [0, 0.05) is 0 Å². The van der Waals surface area contributed by atoms with Crippen molar-refractivity contribution in [2.24, 2.45) is 0 Å². The van der Waals surface area contributed by atoms with Crippen LogP contribution in [0, 0.1) is 6.92 Å². The molecule has 0 aliphatic rings. The number of carbonyl (C=O) groups is 2. The van der Waals surface area contributed by atoms with Crippen molar-refractivity contribution in [2.75, 3.05) is 0 Å². The Balaban J connectivity index is 0.000000518. The van der Waals surface area contributed by atoms with Crippen LogP contribution in [-0.2, 0) is 14.3 Å². The number of carboxylic acid groups (broad SMARTS) is 1. The van der Waals surface area contributed by atoms with Crippen LogP contribution in [0.4, 0.5) is 4.79 Å². The lowest BCUT2D eigenvalue weighted by Gasteiger charge is -2.25. The molecule has 0 atom stereocenters. The summed E-state index contributed by atoms with van der Waals surface area (Å²) in [4.78, 5) is 21.7. The molecule has 5 nitrogen and oxygen atoms in total. The summed E-state index contributed by atoms with van der Waals surface area (Å²) in [6.07, 6.45) is -1.50. The zero-order chi connectivity index (χ0) is 17.4. The van der Waals surface area contributed by atoms with Gasteiger partial charge in [-0.05, 0) is 41.5 Å². The fraction of sp³-hybridized carbons (Fsp3) is 0.529. The molecule has 0 aliphatic carbocycles. The Morgan fingerprint density at radius 1 is 1.00 bits per heavy atom. The van der Waals surface area contributed by atoms with Gasteiger partial charge in [0.25, 0.3) is 0 Å². The van der Waals surface area contributed by atoms with Crippen molar-refractivity contribution in [3.8, 4) is 0 Å². The molecule has 5 heteroatoms. The van der Waals surface area contributed by atoms with Crippen molar-refractivity contribution in [2.45, 2.75) is 59.2 Å². The van der Waals surface area contributed by atoms with Crippen molar-refractivity contribution in [3.63, 3.8) is 0 Å². The van der Waals surface area contributed by atoms with Crippen molar-refractivity contribution >= 4 is 12.1 Å². The molecule has 0 saturated carbocycles. The van der Waals surface area contributed by atoms with Crippen LogP contribution in [-0.4, -0.2) is 28.4 Å². The SMILES string of the molecule is CC(C)(C)OC(=O)CC(C)(C)OC(=O)O.Cc1ccccc1. The average molecular weight is 310 g/mol. The molecule has 124 valence electrons. The Hall–Kier alpha value is -2.04. The zero-order valence-corrected chi connectivity index (χ0v) is 14.2. The van der Waals surface area contributed by atoms with Gasteiger partial charge in [-0.2, -0.15) is 0 Å². The maximum Gasteiger partial charge on any atom is 0.506 e. The molecule has 0 fully saturated rings. The molecule has 1 N–H and O–H groups in total. The minimum absolute atomic E-state index is 0.101. The van der Waals surface area contributed by atoms with E-state index in [-0.39, 0.29) is 6.42 Å². The molecule has 1 aromatic rings. The standard InChI is InChI=1S/C10H18O5.C7H8/c1-9(2,3)14-7(11)6-10(4,5)15-8(12)13;1-7-5-3-2-4-6-7/h6H2,1-5H3,(H,12,13);2-6H,1H3. The third kappa shape index (κ3) is 11.8. The fourth-order valence-electron chi connectivity index (χ4n) is 1.53. The first kappa shape index (κ1) is 20.0. The van der Waals surface area contributed by atoms with E-state index < -0.39 is 23.3 Å². The first-order valence-electron chi connectivity index (χ1n) is 7.07. The Bertz CT molecular complexity index is 472. The highest BCUT2D eigenvalue weighted by Gasteiger charge is 2.29. The Labute approximate surface area is 132 Å². The number of hydrogen-bond acceptors (Lipinski definition) is 4. The van der Waals surface area contributed by atoms with E-state index in [1.165, 1.54) is 19.4 Å². The van der Waals surface area contributed by atoms with E-state index in [9.17, 15) is 9.59 Å². The smallest absolute Gasteiger partial charge is 0.460 e. The molecule has 0 bridgehead atoms. The molecule has 0 unspecified atom stereocenters. The monoisotopic (exact) mass is 310 g/mol. The number of benzene rings is 1. The summed E-state index contributed by atoms with van der Waals surface area (Å²) in [5.41, 5.74) is -0.313. The average Bonchev–Trinajstić information content (AvgIpc) is 2.24.